The lowest BCUT2D eigenvalue weighted by Gasteiger charge is -2.43. The molecule has 0 aromatic heterocycles. The SMILES string of the molecule is CCOC(=O)[C@@H](F)[C@@H](O)[C@@H]1O[C@@H]1CO[Si](c1ccccc1)(c1ccccc1)C(C)(C)C. The number of ether oxygens (including phenoxy) is 2. The van der Waals surface area contributed by atoms with E-state index in [-0.39, 0.29) is 18.3 Å². The van der Waals surface area contributed by atoms with E-state index < -0.39 is 38.8 Å². The van der Waals surface area contributed by atoms with Crippen LogP contribution in [0.25, 0.3) is 0 Å². The lowest BCUT2D eigenvalue weighted by atomic mass is 10.1. The number of esters is 1. The van der Waals surface area contributed by atoms with E-state index in [0.717, 1.165) is 10.4 Å². The summed E-state index contributed by atoms with van der Waals surface area (Å²) in [5, 5.41) is 12.3. The maximum absolute atomic E-state index is 14.2. The van der Waals surface area contributed by atoms with Crippen molar-refractivity contribution in [2.24, 2.45) is 0 Å². The first-order chi connectivity index (χ1) is 14.7. The summed E-state index contributed by atoms with van der Waals surface area (Å²) in [4.78, 5) is 11.6. The zero-order chi connectivity index (χ0) is 22.6. The van der Waals surface area contributed by atoms with Crippen molar-refractivity contribution in [3.05, 3.63) is 60.7 Å². The summed E-state index contributed by atoms with van der Waals surface area (Å²) < 4.78 is 31.1. The molecule has 2 aromatic carbocycles. The number of benzene rings is 2. The molecule has 1 N–H and O–H groups in total. The fourth-order valence-electron chi connectivity index (χ4n) is 4.09. The number of hydrogen-bond acceptors (Lipinski definition) is 5. The molecule has 1 heterocycles. The highest BCUT2D eigenvalue weighted by molar-refractivity contribution is 6.99. The van der Waals surface area contributed by atoms with Gasteiger partial charge in [-0.25, -0.2) is 9.18 Å². The summed E-state index contributed by atoms with van der Waals surface area (Å²) in [6.45, 7) is 8.33. The number of carbonyl (C=O) groups is 1. The number of epoxide rings is 1. The molecular weight excluding hydrogens is 415 g/mol. The molecule has 168 valence electrons. The summed E-state index contributed by atoms with van der Waals surface area (Å²) >= 11 is 0. The van der Waals surface area contributed by atoms with Crippen molar-refractivity contribution in [2.45, 2.75) is 57.2 Å². The average molecular weight is 447 g/mol. The number of alkyl halides is 1. The zero-order valence-corrected chi connectivity index (χ0v) is 19.5. The Morgan fingerprint density at radius 3 is 2.06 bits per heavy atom. The Labute approximate surface area is 184 Å². The topological polar surface area (TPSA) is 68.3 Å². The molecule has 1 aliphatic heterocycles. The molecular formula is C24H31FO5Si. The van der Waals surface area contributed by atoms with Gasteiger partial charge in [-0.3, -0.25) is 0 Å². The average Bonchev–Trinajstić information content (AvgIpc) is 3.53. The van der Waals surface area contributed by atoms with Gasteiger partial charge in [0.15, 0.2) is 0 Å². The minimum atomic E-state index is -2.75. The number of carbonyl (C=O) groups excluding carboxylic acids is 1. The van der Waals surface area contributed by atoms with E-state index in [9.17, 15) is 14.3 Å². The molecule has 1 saturated heterocycles. The number of halogens is 1. The summed E-state index contributed by atoms with van der Waals surface area (Å²) in [6.07, 6.45) is -4.99. The maximum Gasteiger partial charge on any atom is 0.343 e. The molecule has 7 heteroatoms. The Morgan fingerprint density at radius 1 is 1.10 bits per heavy atom. The lowest BCUT2D eigenvalue weighted by Crippen LogP contribution is -2.66. The van der Waals surface area contributed by atoms with Gasteiger partial charge in [0.1, 0.15) is 18.3 Å². The van der Waals surface area contributed by atoms with Gasteiger partial charge in [0, 0.05) is 0 Å². The van der Waals surface area contributed by atoms with Crippen molar-refractivity contribution >= 4 is 24.7 Å². The summed E-state index contributed by atoms with van der Waals surface area (Å²) in [7, 11) is -2.75. The largest absolute Gasteiger partial charge is 0.464 e. The molecule has 2 aromatic rings. The molecule has 0 unspecified atom stereocenters. The molecule has 5 nitrogen and oxygen atoms in total. The third kappa shape index (κ3) is 4.90. The van der Waals surface area contributed by atoms with Crippen LogP contribution in [0, 0.1) is 0 Å². The van der Waals surface area contributed by atoms with Gasteiger partial charge in [0.2, 0.25) is 6.17 Å². The molecule has 1 fully saturated rings. The van der Waals surface area contributed by atoms with E-state index in [2.05, 4.69) is 49.8 Å². The number of aliphatic hydroxyl groups excluding tert-OH is 1. The second-order valence-corrected chi connectivity index (χ2v) is 13.1. The van der Waals surface area contributed by atoms with Gasteiger partial charge in [-0.05, 0) is 22.3 Å². The highest BCUT2D eigenvalue weighted by Gasteiger charge is 2.54. The second-order valence-electron chi connectivity index (χ2n) is 8.76. The summed E-state index contributed by atoms with van der Waals surface area (Å²) in [5.74, 6) is -1.07. The standard InChI is InChI=1S/C24H31FO5Si/c1-5-28-23(27)20(25)21(26)22-19(30-22)16-29-31(24(2,3)4,17-12-8-6-9-13-17)18-14-10-7-11-15-18/h6-15,19-22,26H,5,16H2,1-4H3/t19-,20+,21-,22-/m1/s1. The quantitative estimate of drug-likeness (QED) is 0.364. The Kier molecular flexibility index (Phi) is 7.31. The highest BCUT2D eigenvalue weighted by Crippen LogP contribution is 2.38. The van der Waals surface area contributed by atoms with Gasteiger partial charge in [-0.15, -0.1) is 0 Å². The van der Waals surface area contributed by atoms with E-state index in [4.69, 9.17) is 9.16 Å². The predicted molar refractivity (Wildman–Crippen MR) is 120 cm³/mol. The second kappa shape index (κ2) is 9.61. The Balaban J connectivity index is 1.82. The van der Waals surface area contributed by atoms with Gasteiger partial charge in [0.25, 0.3) is 8.32 Å². The van der Waals surface area contributed by atoms with Crippen LogP contribution in [0.15, 0.2) is 60.7 Å². The number of aliphatic hydroxyl groups is 1. The fraction of sp³-hybridized carbons (Fsp3) is 0.458. The molecule has 0 amide bonds. The van der Waals surface area contributed by atoms with Crippen molar-refractivity contribution in [3.63, 3.8) is 0 Å². The first kappa shape index (κ1) is 23.6. The molecule has 0 saturated carbocycles. The van der Waals surface area contributed by atoms with Crippen molar-refractivity contribution in [3.8, 4) is 0 Å². The summed E-state index contributed by atoms with van der Waals surface area (Å²) in [6, 6.07) is 20.3. The first-order valence-corrected chi connectivity index (χ1v) is 12.5. The number of hydrogen-bond donors (Lipinski definition) is 1. The van der Waals surface area contributed by atoms with Crippen molar-refractivity contribution < 1.29 is 28.2 Å². The van der Waals surface area contributed by atoms with Crippen molar-refractivity contribution in [1.29, 1.82) is 0 Å². The fourth-order valence-corrected chi connectivity index (χ4v) is 8.66. The van der Waals surface area contributed by atoms with Crippen LogP contribution in [0.1, 0.15) is 27.7 Å². The van der Waals surface area contributed by atoms with E-state index in [1.165, 1.54) is 0 Å². The predicted octanol–water partition coefficient (Wildman–Crippen LogP) is 2.59. The molecule has 0 radical (unpaired) electrons. The Morgan fingerprint density at radius 2 is 1.61 bits per heavy atom. The van der Waals surface area contributed by atoms with E-state index in [0.29, 0.717) is 0 Å². The molecule has 3 rings (SSSR count). The van der Waals surface area contributed by atoms with Crippen LogP contribution in [0.2, 0.25) is 5.04 Å². The number of rotatable bonds is 9. The molecule has 4 atom stereocenters. The van der Waals surface area contributed by atoms with Gasteiger partial charge in [-0.2, -0.15) is 0 Å². The van der Waals surface area contributed by atoms with Crippen LogP contribution in [-0.2, 0) is 18.7 Å². The smallest absolute Gasteiger partial charge is 0.343 e. The van der Waals surface area contributed by atoms with Crippen LogP contribution in [0.4, 0.5) is 4.39 Å². The summed E-state index contributed by atoms with van der Waals surface area (Å²) in [5.41, 5.74) is 0. The normalized spacial score (nSPS) is 20.7. The molecule has 0 bridgehead atoms. The highest BCUT2D eigenvalue weighted by atomic mass is 28.4. The van der Waals surface area contributed by atoms with Crippen LogP contribution in [-0.4, -0.2) is 57.1 Å². The lowest BCUT2D eigenvalue weighted by molar-refractivity contribution is -0.154. The van der Waals surface area contributed by atoms with Gasteiger partial charge in [0.05, 0.1) is 13.2 Å². The van der Waals surface area contributed by atoms with Crippen molar-refractivity contribution in [1.82, 2.24) is 0 Å². The molecule has 1 aliphatic rings. The van der Waals surface area contributed by atoms with E-state index in [1.54, 1.807) is 6.92 Å². The molecule has 0 aliphatic carbocycles. The minimum absolute atomic E-state index is 0.0535. The van der Waals surface area contributed by atoms with Crippen LogP contribution in [0.5, 0.6) is 0 Å². The zero-order valence-electron chi connectivity index (χ0n) is 18.5. The monoisotopic (exact) mass is 446 g/mol. The maximum atomic E-state index is 14.2. The van der Waals surface area contributed by atoms with Crippen LogP contribution in [0.3, 0.4) is 0 Å². The third-order valence-corrected chi connectivity index (χ3v) is 10.7. The molecule has 31 heavy (non-hydrogen) atoms. The van der Waals surface area contributed by atoms with E-state index >= 15 is 0 Å². The minimum Gasteiger partial charge on any atom is -0.464 e. The third-order valence-electron chi connectivity index (χ3n) is 5.65. The van der Waals surface area contributed by atoms with Crippen LogP contribution < -0.4 is 10.4 Å². The molecule has 0 spiro atoms. The van der Waals surface area contributed by atoms with Gasteiger partial charge < -0.3 is 19.0 Å². The van der Waals surface area contributed by atoms with Crippen molar-refractivity contribution in [2.75, 3.05) is 13.2 Å². The first-order valence-electron chi connectivity index (χ1n) is 10.6. The van der Waals surface area contributed by atoms with Crippen LogP contribution >= 0.6 is 0 Å². The van der Waals surface area contributed by atoms with E-state index in [1.807, 2.05) is 36.4 Å². The van der Waals surface area contributed by atoms with Gasteiger partial charge >= 0.3 is 5.97 Å². The van der Waals surface area contributed by atoms with Gasteiger partial charge in [-0.1, -0.05) is 81.4 Å². The Hall–Kier alpha value is -2.06. The Bertz CT molecular complexity index is 816.